The lowest BCUT2D eigenvalue weighted by atomic mass is 9.99. The van der Waals surface area contributed by atoms with E-state index in [1.165, 1.54) is 67.8 Å². The number of rotatable bonds is 12. The number of hydrogen-bond donors (Lipinski definition) is 2. The van der Waals surface area contributed by atoms with Crippen LogP contribution in [0.1, 0.15) is 58.8 Å². The molecule has 0 saturated carbocycles. The minimum absolute atomic E-state index is 0.0335. The van der Waals surface area contributed by atoms with E-state index in [0.717, 1.165) is 19.3 Å². The van der Waals surface area contributed by atoms with E-state index in [4.69, 9.17) is 9.88 Å². The van der Waals surface area contributed by atoms with Crippen LogP contribution in [-0.2, 0) is 24.3 Å². The smallest absolute Gasteiger partial charge is 0.262 e. The van der Waals surface area contributed by atoms with E-state index in [2.05, 4.69) is 12.2 Å². The molecule has 0 radical (unpaired) electrons. The maximum atomic E-state index is 12.2. The first-order valence-electron chi connectivity index (χ1n) is 10.1. The first-order chi connectivity index (χ1) is 14.1. The maximum absolute atomic E-state index is 12.2. The number of amides is 1. The van der Waals surface area contributed by atoms with E-state index in [0.29, 0.717) is 11.4 Å². The van der Waals surface area contributed by atoms with Gasteiger partial charge in [0.15, 0.2) is 6.61 Å². The molecule has 0 fully saturated rings. The Labute approximate surface area is 182 Å². The summed E-state index contributed by atoms with van der Waals surface area (Å²) in [6.45, 7) is 3.93. The van der Waals surface area contributed by atoms with Gasteiger partial charge in [0, 0.05) is 11.8 Å². The number of sulfonamides is 1. The van der Waals surface area contributed by atoms with Gasteiger partial charge in [-0.15, -0.1) is 0 Å². The Hall–Kier alpha value is -1.84. The van der Waals surface area contributed by atoms with Crippen molar-refractivity contribution < 1.29 is 22.7 Å². The third-order valence-corrected chi connectivity index (χ3v) is 7.03. The normalized spacial score (nSPS) is 18.9. The molecule has 0 saturated heterocycles. The average molecular weight is 455 g/mol. The summed E-state index contributed by atoms with van der Waals surface area (Å²) in [5.74, 6) is 0.135. The molecule has 1 atom stereocenters. The van der Waals surface area contributed by atoms with Gasteiger partial charge >= 0.3 is 0 Å². The molecule has 1 aromatic rings. The standard InChI is InChI=1S/C21H30N2O5S2/c1-3-4-5-6-7-8-13-21(2)18(14-20(25)29-21)28-15-19(24)23-16-9-11-17(12-10-16)30(22,26)27/h9-12,14H,3-8,13,15H2,1-2H3,(H,23,24)(H2,22,26,27). The van der Waals surface area contributed by atoms with E-state index in [1.54, 1.807) is 0 Å². The summed E-state index contributed by atoms with van der Waals surface area (Å²) in [4.78, 5) is 24.1. The second-order valence-corrected chi connectivity index (χ2v) is 10.7. The van der Waals surface area contributed by atoms with Crippen LogP contribution in [-0.4, -0.2) is 30.8 Å². The molecule has 9 heteroatoms. The average Bonchev–Trinajstić information content (AvgIpc) is 2.96. The van der Waals surface area contributed by atoms with Crippen molar-refractivity contribution in [1.29, 1.82) is 0 Å². The lowest BCUT2D eigenvalue weighted by Crippen LogP contribution is -2.26. The van der Waals surface area contributed by atoms with Crippen LogP contribution in [0.2, 0.25) is 0 Å². The number of anilines is 1. The topological polar surface area (TPSA) is 116 Å². The van der Waals surface area contributed by atoms with Crippen LogP contribution in [0, 0.1) is 0 Å². The number of primary sulfonamides is 1. The molecule has 1 aromatic carbocycles. The Kier molecular flexibility index (Phi) is 8.93. The molecular formula is C21H30N2O5S2. The lowest BCUT2D eigenvalue weighted by molar-refractivity contribution is -0.119. The molecular weight excluding hydrogens is 424 g/mol. The van der Waals surface area contributed by atoms with Crippen molar-refractivity contribution in [2.24, 2.45) is 5.14 Å². The van der Waals surface area contributed by atoms with Crippen LogP contribution in [0.3, 0.4) is 0 Å². The highest BCUT2D eigenvalue weighted by Gasteiger charge is 2.39. The molecule has 166 valence electrons. The van der Waals surface area contributed by atoms with Gasteiger partial charge in [-0.25, -0.2) is 13.6 Å². The minimum Gasteiger partial charge on any atom is -0.486 e. The van der Waals surface area contributed by atoms with Crippen molar-refractivity contribution in [2.75, 3.05) is 11.9 Å². The quantitative estimate of drug-likeness (QED) is 0.462. The summed E-state index contributed by atoms with van der Waals surface area (Å²) in [6.07, 6.45) is 9.29. The van der Waals surface area contributed by atoms with E-state index >= 15 is 0 Å². The Bertz CT molecular complexity index is 881. The van der Waals surface area contributed by atoms with Crippen molar-refractivity contribution in [3.8, 4) is 0 Å². The molecule has 2 rings (SSSR count). The highest BCUT2D eigenvalue weighted by atomic mass is 32.2. The van der Waals surface area contributed by atoms with Crippen LogP contribution >= 0.6 is 11.8 Å². The molecule has 30 heavy (non-hydrogen) atoms. The first-order valence-corrected chi connectivity index (χ1v) is 12.5. The van der Waals surface area contributed by atoms with Crippen molar-refractivity contribution in [1.82, 2.24) is 0 Å². The van der Waals surface area contributed by atoms with Crippen LogP contribution < -0.4 is 10.5 Å². The van der Waals surface area contributed by atoms with Crippen LogP contribution in [0.4, 0.5) is 5.69 Å². The summed E-state index contributed by atoms with van der Waals surface area (Å²) in [7, 11) is -3.78. The minimum atomic E-state index is -3.78. The molecule has 1 unspecified atom stereocenters. The fourth-order valence-corrected chi connectivity index (χ4v) is 4.83. The number of ether oxygens (including phenoxy) is 1. The maximum Gasteiger partial charge on any atom is 0.262 e. The van der Waals surface area contributed by atoms with Crippen LogP contribution in [0.25, 0.3) is 0 Å². The first kappa shape index (κ1) is 24.4. The van der Waals surface area contributed by atoms with Gasteiger partial charge in [0.1, 0.15) is 5.76 Å². The molecule has 1 aliphatic rings. The number of thioether (sulfide) groups is 1. The monoisotopic (exact) mass is 454 g/mol. The predicted octanol–water partition coefficient (Wildman–Crippen LogP) is 3.96. The van der Waals surface area contributed by atoms with Crippen molar-refractivity contribution in [3.63, 3.8) is 0 Å². The summed E-state index contributed by atoms with van der Waals surface area (Å²) in [5, 5.41) is 7.63. The number of unbranched alkanes of at least 4 members (excludes halogenated alkanes) is 5. The molecule has 0 aromatic heterocycles. The molecule has 3 N–H and O–H groups in total. The van der Waals surface area contributed by atoms with Gasteiger partial charge in [0.05, 0.1) is 9.64 Å². The van der Waals surface area contributed by atoms with E-state index in [1.807, 2.05) is 6.92 Å². The molecule has 0 bridgehead atoms. The van der Waals surface area contributed by atoms with E-state index < -0.39 is 20.7 Å². The van der Waals surface area contributed by atoms with Gasteiger partial charge in [-0.1, -0.05) is 57.2 Å². The van der Waals surface area contributed by atoms with Gasteiger partial charge < -0.3 is 10.1 Å². The van der Waals surface area contributed by atoms with E-state index in [9.17, 15) is 18.0 Å². The third-order valence-electron chi connectivity index (χ3n) is 4.93. The van der Waals surface area contributed by atoms with Crippen molar-refractivity contribution in [2.45, 2.75) is 68.4 Å². The molecule has 1 heterocycles. The number of nitrogens with two attached hydrogens (primary N) is 1. The number of hydrogen-bond acceptors (Lipinski definition) is 6. The predicted molar refractivity (Wildman–Crippen MR) is 119 cm³/mol. The Morgan fingerprint density at radius 3 is 2.40 bits per heavy atom. The Morgan fingerprint density at radius 2 is 1.77 bits per heavy atom. The molecule has 1 aliphatic heterocycles. The van der Waals surface area contributed by atoms with Gasteiger partial charge in [-0.2, -0.15) is 0 Å². The fraction of sp³-hybridized carbons (Fsp3) is 0.524. The number of carbonyl (C=O) groups is 2. The zero-order valence-corrected chi connectivity index (χ0v) is 19.1. The van der Waals surface area contributed by atoms with Crippen molar-refractivity contribution in [3.05, 3.63) is 36.1 Å². The second-order valence-electron chi connectivity index (χ2n) is 7.58. The second kappa shape index (κ2) is 11.0. The number of nitrogens with one attached hydrogen (secondary N) is 1. The van der Waals surface area contributed by atoms with Gasteiger partial charge in [-0.3, -0.25) is 9.59 Å². The summed E-state index contributed by atoms with van der Waals surface area (Å²) < 4.78 is 27.8. The van der Waals surface area contributed by atoms with Crippen LogP contribution in [0.5, 0.6) is 0 Å². The SMILES string of the molecule is CCCCCCCCC1(C)SC(=O)C=C1OCC(=O)Nc1ccc(S(N)(=O)=O)cc1. The number of carbonyl (C=O) groups excluding carboxylic acids is 2. The zero-order valence-electron chi connectivity index (χ0n) is 17.5. The van der Waals surface area contributed by atoms with Gasteiger partial charge in [0.25, 0.3) is 5.91 Å². The summed E-state index contributed by atoms with van der Waals surface area (Å²) >= 11 is 1.25. The summed E-state index contributed by atoms with van der Waals surface area (Å²) in [6, 6.07) is 5.54. The molecule has 7 nitrogen and oxygen atoms in total. The third kappa shape index (κ3) is 7.45. The highest BCUT2D eigenvalue weighted by Crippen LogP contribution is 2.44. The Balaban J connectivity index is 1.84. The number of benzene rings is 1. The molecule has 1 amide bonds. The molecule has 0 spiro atoms. The van der Waals surface area contributed by atoms with Gasteiger partial charge in [-0.05, 0) is 37.6 Å². The Morgan fingerprint density at radius 1 is 1.13 bits per heavy atom. The van der Waals surface area contributed by atoms with Gasteiger partial charge in [0.2, 0.25) is 15.1 Å². The lowest BCUT2D eigenvalue weighted by Gasteiger charge is -2.26. The van der Waals surface area contributed by atoms with Crippen molar-refractivity contribution >= 4 is 38.5 Å². The molecule has 0 aliphatic carbocycles. The summed E-state index contributed by atoms with van der Waals surface area (Å²) in [5.41, 5.74) is 0.427. The fourth-order valence-electron chi connectivity index (χ4n) is 3.24. The van der Waals surface area contributed by atoms with Crippen LogP contribution in [0.15, 0.2) is 41.0 Å². The largest absolute Gasteiger partial charge is 0.486 e. The highest BCUT2D eigenvalue weighted by molar-refractivity contribution is 8.15. The van der Waals surface area contributed by atoms with E-state index in [-0.39, 0.29) is 16.6 Å². The zero-order chi connectivity index (χ0) is 22.2.